The summed E-state index contributed by atoms with van der Waals surface area (Å²) in [5.41, 5.74) is 3.56. The highest BCUT2D eigenvalue weighted by atomic mass is 16.5. The minimum atomic E-state index is -0.00359. The van der Waals surface area contributed by atoms with Gasteiger partial charge in [0.1, 0.15) is 17.5 Å². The van der Waals surface area contributed by atoms with Crippen molar-refractivity contribution in [3.05, 3.63) is 66.5 Å². The Morgan fingerprint density at radius 1 is 1.16 bits per heavy atom. The average molecular weight is 427 g/mol. The smallest absolute Gasteiger partial charge is 0.224 e. The van der Waals surface area contributed by atoms with Crippen molar-refractivity contribution in [1.29, 1.82) is 5.26 Å². The number of fused-ring (bicyclic) bond motifs is 3. The molecule has 0 bridgehead atoms. The largest absolute Gasteiger partial charge is 0.492 e. The molecule has 6 heteroatoms. The number of nitriles is 1. The number of pyridine rings is 1. The third-order valence-corrected chi connectivity index (χ3v) is 5.64. The van der Waals surface area contributed by atoms with Crippen LogP contribution in [-0.4, -0.2) is 22.1 Å². The van der Waals surface area contributed by atoms with E-state index >= 15 is 0 Å². The second-order valence-corrected chi connectivity index (χ2v) is 7.98. The maximum atomic E-state index is 12.6. The summed E-state index contributed by atoms with van der Waals surface area (Å²) in [5.74, 6) is 0.795. The molecule has 0 aliphatic rings. The van der Waals surface area contributed by atoms with Crippen LogP contribution in [0, 0.1) is 17.2 Å². The first-order valence-corrected chi connectivity index (χ1v) is 10.9. The van der Waals surface area contributed by atoms with Gasteiger partial charge in [0, 0.05) is 40.5 Å². The lowest BCUT2D eigenvalue weighted by molar-refractivity contribution is -0.117. The van der Waals surface area contributed by atoms with Crippen LogP contribution >= 0.6 is 0 Å². The zero-order valence-electron chi connectivity index (χ0n) is 18.3. The first-order valence-electron chi connectivity index (χ1n) is 10.9. The van der Waals surface area contributed by atoms with Crippen LogP contribution in [0.15, 0.2) is 60.8 Å². The molecule has 32 heavy (non-hydrogen) atoms. The van der Waals surface area contributed by atoms with Crippen molar-refractivity contribution < 1.29 is 9.53 Å². The summed E-state index contributed by atoms with van der Waals surface area (Å²) < 4.78 is 7.97. The zero-order valence-corrected chi connectivity index (χ0v) is 18.3. The van der Waals surface area contributed by atoms with Crippen LogP contribution in [0.1, 0.15) is 32.4 Å². The van der Waals surface area contributed by atoms with Gasteiger partial charge in [-0.25, -0.2) is 4.98 Å². The number of para-hydroxylation sites is 1. The van der Waals surface area contributed by atoms with E-state index in [1.807, 2.05) is 25.1 Å². The third-order valence-electron chi connectivity index (χ3n) is 5.64. The van der Waals surface area contributed by atoms with Gasteiger partial charge in [0.2, 0.25) is 5.91 Å². The van der Waals surface area contributed by atoms with E-state index in [-0.39, 0.29) is 11.8 Å². The lowest BCUT2D eigenvalue weighted by Crippen LogP contribution is -2.16. The van der Waals surface area contributed by atoms with Gasteiger partial charge in [-0.05, 0) is 55.7 Å². The standard InChI is InChI=1S/C26H26N4O2/c1-3-30-24-7-5-4-6-22(24)23-15-19(9-11-25(23)30)29-26(31)14-18(2)12-13-32-21-10-8-20(16-27)28-17-21/h4-11,15,17-18H,3,12-14H2,1-2H3,(H,29,31). The number of nitrogens with one attached hydrogen (secondary N) is 1. The molecule has 162 valence electrons. The molecule has 2 aromatic carbocycles. The van der Waals surface area contributed by atoms with E-state index in [1.54, 1.807) is 18.3 Å². The monoisotopic (exact) mass is 426 g/mol. The van der Waals surface area contributed by atoms with Crippen LogP contribution in [0.3, 0.4) is 0 Å². The van der Waals surface area contributed by atoms with Crippen molar-refractivity contribution in [2.45, 2.75) is 33.2 Å². The van der Waals surface area contributed by atoms with Gasteiger partial charge in [0.25, 0.3) is 0 Å². The van der Waals surface area contributed by atoms with Crippen molar-refractivity contribution in [1.82, 2.24) is 9.55 Å². The fourth-order valence-electron chi connectivity index (χ4n) is 4.01. The van der Waals surface area contributed by atoms with Gasteiger partial charge in [-0.15, -0.1) is 0 Å². The topological polar surface area (TPSA) is 79.9 Å². The Bertz CT molecular complexity index is 1290. The molecule has 1 amide bonds. The molecular formula is C26H26N4O2. The maximum absolute atomic E-state index is 12.6. The molecule has 0 fully saturated rings. The van der Waals surface area contributed by atoms with Crippen molar-refractivity contribution in [3.63, 3.8) is 0 Å². The Hall–Kier alpha value is -3.85. The number of anilines is 1. The van der Waals surface area contributed by atoms with E-state index < -0.39 is 0 Å². The van der Waals surface area contributed by atoms with Crippen LogP contribution in [0.5, 0.6) is 5.75 Å². The summed E-state index contributed by atoms with van der Waals surface area (Å²) in [7, 11) is 0. The molecule has 6 nitrogen and oxygen atoms in total. The summed E-state index contributed by atoms with van der Waals surface area (Å²) in [6.07, 6.45) is 2.71. The molecule has 4 rings (SSSR count). The fraction of sp³-hybridized carbons (Fsp3) is 0.269. The number of aryl methyl sites for hydroxylation is 1. The van der Waals surface area contributed by atoms with Gasteiger partial charge in [-0.3, -0.25) is 4.79 Å². The SMILES string of the molecule is CCn1c2ccccc2c2cc(NC(=O)CC(C)CCOc3ccc(C#N)nc3)ccc21. The number of benzene rings is 2. The molecule has 0 radical (unpaired) electrons. The number of carbonyl (C=O) groups is 1. The van der Waals surface area contributed by atoms with E-state index in [4.69, 9.17) is 10.00 Å². The molecular weight excluding hydrogens is 400 g/mol. The Morgan fingerprint density at radius 3 is 2.72 bits per heavy atom. The summed E-state index contributed by atoms with van der Waals surface area (Å²) in [6.45, 7) is 5.57. The number of hydrogen-bond acceptors (Lipinski definition) is 4. The summed E-state index contributed by atoms with van der Waals surface area (Å²) in [5, 5.41) is 14.2. The van der Waals surface area contributed by atoms with Gasteiger partial charge in [0.15, 0.2) is 0 Å². The second kappa shape index (κ2) is 9.52. The highest BCUT2D eigenvalue weighted by Gasteiger charge is 2.13. The molecule has 1 atom stereocenters. The van der Waals surface area contributed by atoms with E-state index in [2.05, 4.69) is 52.1 Å². The predicted octanol–water partition coefficient (Wildman–Crippen LogP) is 5.51. The Labute approximate surface area is 187 Å². The lowest BCUT2D eigenvalue weighted by atomic mass is 10.0. The van der Waals surface area contributed by atoms with Crippen molar-refractivity contribution in [3.8, 4) is 11.8 Å². The Morgan fingerprint density at radius 2 is 1.97 bits per heavy atom. The van der Waals surface area contributed by atoms with Crippen molar-refractivity contribution >= 4 is 33.4 Å². The molecule has 0 aliphatic carbocycles. The Kier molecular flexibility index (Phi) is 6.37. The van der Waals surface area contributed by atoms with Gasteiger partial charge in [-0.2, -0.15) is 5.26 Å². The lowest BCUT2D eigenvalue weighted by Gasteiger charge is -2.13. The molecule has 1 unspecified atom stereocenters. The molecule has 2 heterocycles. The molecule has 2 aromatic heterocycles. The summed E-state index contributed by atoms with van der Waals surface area (Å²) in [6, 6.07) is 19.8. The first kappa shape index (κ1) is 21.4. The number of nitrogens with zero attached hydrogens (tertiary/aromatic N) is 3. The van der Waals surface area contributed by atoms with Gasteiger partial charge in [-0.1, -0.05) is 25.1 Å². The van der Waals surface area contributed by atoms with E-state index in [1.165, 1.54) is 16.4 Å². The van der Waals surface area contributed by atoms with Gasteiger partial charge < -0.3 is 14.6 Å². The van der Waals surface area contributed by atoms with E-state index in [9.17, 15) is 4.79 Å². The van der Waals surface area contributed by atoms with Gasteiger partial charge >= 0.3 is 0 Å². The van der Waals surface area contributed by atoms with E-state index in [0.717, 1.165) is 24.0 Å². The van der Waals surface area contributed by atoms with Crippen molar-refractivity contribution in [2.24, 2.45) is 5.92 Å². The minimum absolute atomic E-state index is 0.00359. The number of aromatic nitrogens is 2. The van der Waals surface area contributed by atoms with Crippen LogP contribution in [0.25, 0.3) is 21.8 Å². The molecule has 4 aromatic rings. The molecule has 0 aliphatic heterocycles. The van der Waals surface area contributed by atoms with Crippen LogP contribution in [0.2, 0.25) is 0 Å². The number of carbonyl (C=O) groups excluding carboxylic acids is 1. The molecule has 0 saturated carbocycles. The number of amides is 1. The fourth-order valence-corrected chi connectivity index (χ4v) is 4.01. The predicted molar refractivity (Wildman–Crippen MR) is 127 cm³/mol. The molecule has 0 saturated heterocycles. The molecule has 1 N–H and O–H groups in total. The molecule has 0 spiro atoms. The van der Waals surface area contributed by atoms with Crippen LogP contribution < -0.4 is 10.1 Å². The quantitative estimate of drug-likeness (QED) is 0.403. The maximum Gasteiger partial charge on any atom is 0.224 e. The number of ether oxygens (including phenoxy) is 1. The number of rotatable bonds is 8. The summed E-state index contributed by atoms with van der Waals surface area (Å²) in [4.78, 5) is 16.6. The highest BCUT2D eigenvalue weighted by Crippen LogP contribution is 2.31. The van der Waals surface area contributed by atoms with Crippen molar-refractivity contribution in [2.75, 3.05) is 11.9 Å². The average Bonchev–Trinajstić information content (AvgIpc) is 3.12. The van der Waals surface area contributed by atoms with Crippen LogP contribution in [-0.2, 0) is 11.3 Å². The summed E-state index contributed by atoms with van der Waals surface area (Å²) >= 11 is 0. The second-order valence-electron chi connectivity index (χ2n) is 7.98. The first-order chi connectivity index (χ1) is 15.6. The highest BCUT2D eigenvalue weighted by molar-refractivity contribution is 6.09. The zero-order chi connectivity index (χ0) is 22.5. The number of hydrogen-bond donors (Lipinski definition) is 1. The van der Waals surface area contributed by atoms with Gasteiger partial charge in [0.05, 0.1) is 12.8 Å². The van der Waals surface area contributed by atoms with Crippen LogP contribution in [0.4, 0.5) is 5.69 Å². The normalized spacial score (nSPS) is 11.9. The minimum Gasteiger partial charge on any atom is -0.492 e. The van der Waals surface area contributed by atoms with E-state index in [0.29, 0.717) is 24.5 Å². The third kappa shape index (κ3) is 4.57. The Balaban J connectivity index is 1.35.